The van der Waals surface area contributed by atoms with E-state index in [2.05, 4.69) is 39.9 Å². The molecule has 3 rings (SSSR count). The molecule has 1 N–H and O–H groups in total. The van der Waals surface area contributed by atoms with Crippen molar-refractivity contribution in [1.29, 1.82) is 5.26 Å². The number of anilines is 1. The first kappa shape index (κ1) is 19.9. The second kappa shape index (κ2) is 9.38. The number of nitrogens with zero attached hydrogens (tertiary/aromatic N) is 5. The van der Waals surface area contributed by atoms with E-state index in [0.29, 0.717) is 17.8 Å². The molecule has 1 atom stereocenters. The van der Waals surface area contributed by atoms with Gasteiger partial charge in [-0.15, -0.1) is 0 Å². The Balaban J connectivity index is 1.62. The van der Waals surface area contributed by atoms with Gasteiger partial charge in [0.25, 0.3) is 0 Å². The molecule has 7 nitrogen and oxygen atoms in total. The van der Waals surface area contributed by atoms with Gasteiger partial charge in [-0.3, -0.25) is 0 Å². The molecule has 0 aliphatic carbocycles. The fraction of sp³-hybridized carbons (Fsp3) is 0.476. The largest absolute Gasteiger partial charge is 0.335 e. The standard InChI is InChI=1S/C21H28N6O/c1-25(2)10-5-12-26-13-9-23-20(26)18-7-4-11-27(16-18)21(28)24-19-8-3-6-17(14-19)15-22/h3,6,8-9,13-14,18H,4-5,7,10-12,16H2,1-2H3,(H,24,28)/t18-/m1/s1. The summed E-state index contributed by atoms with van der Waals surface area (Å²) in [5.41, 5.74) is 1.19. The minimum atomic E-state index is -0.120. The predicted octanol–water partition coefficient (Wildman–Crippen LogP) is 3.12. The molecule has 1 fully saturated rings. The number of nitrogens with one attached hydrogen (secondary N) is 1. The molecule has 0 unspecified atom stereocenters. The molecule has 1 aliphatic heterocycles. The molecule has 2 heterocycles. The Morgan fingerprint density at radius 2 is 2.29 bits per heavy atom. The van der Waals surface area contributed by atoms with Crippen LogP contribution >= 0.6 is 0 Å². The molecule has 1 aromatic carbocycles. The summed E-state index contributed by atoms with van der Waals surface area (Å²) in [5.74, 6) is 1.32. The van der Waals surface area contributed by atoms with E-state index in [1.807, 2.05) is 17.3 Å². The van der Waals surface area contributed by atoms with Crippen LogP contribution in [0.15, 0.2) is 36.7 Å². The van der Waals surface area contributed by atoms with Crippen LogP contribution in [0.5, 0.6) is 0 Å². The summed E-state index contributed by atoms with van der Waals surface area (Å²) in [6, 6.07) is 8.97. The number of likely N-dealkylation sites (tertiary alicyclic amines) is 1. The Bertz CT molecular complexity index is 837. The van der Waals surface area contributed by atoms with Gasteiger partial charge in [0.2, 0.25) is 0 Å². The van der Waals surface area contributed by atoms with E-state index in [1.54, 1.807) is 24.3 Å². The monoisotopic (exact) mass is 380 g/mol. The molecule has 7 heteroatoms. The van der Waals surface area contributed by atoms with Crippen LogP contribution in [0.4, 0.5) is 10.5 Å². The van der Waals surface area contributed by atoms with Crippen LogP contribution in [0.2, 0.25) is 0 Å². The first-order chi connectivity index (χ1) is 13.6. The molecule has 2 amide bonds. The molecule has 0 saturated carbocycles. The number of piperidine rings is 1. The maximum absolute atomic E-state index is 12.7. The highest BCUT2D eigenvalue weighted by atomic mass is 16.2. The van der Waals surface area contributed by atoms with Crippen LogP contribution in [0, 0.1) is 11.3 Å². The number of hydrogen-bond donors (Lipinski definition) is 1. The highest BCUT2D eigenvalue weighted by molar-refractivity contribution is 5.89. The lowest BCUT2D eigenvalue weighted by Crippen LogP contribution is -2.42. The molecule has 0 radical (unpaired) electrons. The number of benzene rings is 1. The van der Waals surface area contributed by atoms with E-state index < -0.39 is 0 Å². The number of rotatable bonds is 6. The Hall–Kier alpha value is -2.85. The first-order valence-electron chi connectivity index (χ1n) is 9.78. The highest BCUT2D eigenvalue weighted by Gasteiger charge is 2.27. The average molecular weight is 380 g/mol. The predicted molar refractivity (Wildman–Crippen MR) is 109 cm³/mol. The van der Waals surface area contributed by atoms with Crippen molar-refractivity contribution in [2.24, 2.45) is 0 Å². The van der Waals surface area contributed by atoms with E-state index in [0.717, 1.165) is 44.7 Å². The highest BCUT2D eigenvalue weighted by Crippen LogP contribution is 2.26. The second-order valence-corrected chi connectivity index (χ2v) is 7.54. The molecular weight excluding hydrogens is 352 g/mol. The molecule has 0 spiro atoms. The lowest BCUT2D eigenvalue weighted by molar-refractivity contribution is 0.190. The van der Waals surface area contributed by atoms with Gasteiger partial charge in [-0.1, -0.05) is 6.07 Å². The van der Waals surface area contributed by atoms with Gasteiger partial charge in [-0.05, 0) is 58.1 Å². The third-order valence-electron chi connectivity index (χ3n) is 5.07. The number of nitriles is 1. The molecule has 148 valence electrons. The van der Waals surface area contributed by atoms with Gasteiger partial charge in [0.1, 0.15) is 5.82 Å². The number of carbonyl (C=O) groups excluding carboxylic acids is 1. The summed E-state index contributed by atoms with van der Waals surface area (Å²) < 4.78 is 2.23. The third kappa shape index (κ3) is 5.11. The summed E-state index contributed by atoms with van der Waals surface area (Å²) in [6.07, 6.45) is 6.97. The van der Waals surface area contributed by atoms with Gasteiger partial charge in [-0.25, -0.2) is 9.78 Å². The smallest absolute Gasteiger partial charge is 0.321 e. The van der Waals surface area contributed by atoms with Crippen molar-refractivity contribution in [3.63, 3.8) is 0 Å². The number of imidazole rings is 1. The number of hydrogen-bond acceptors (Lipinski definition) is 4. The van der Waals surface area contributed by atoms with Crippen molar-refractivity contribution in [3.05, 3.63) is 48.0 Å². The Morgan fingerprint density at radius 3 is 3.07 bits per heavy atom. The van der Waals surface area contributed by atoms with Crippen LogP contribution in [0.3, 0.4) is 0 Å². The van der Waals surface area contributed by atoms with Crippen LogP contribution in [0.1, 0.15) is 36.6 Å². The quantitative estimate of drug-likeness (QED) is 0.835. The van der Waals surface area contributed by atoms with Crippen molar-refractivity contribution >= 4 is 11.7 Å². The fourth-order valence-electron chi connectivity index (χ4n) is 3.67. The van der Waals surface area contributed by atoms with Gasteiger partial charge in [0.15, 0.2) is 0 Å². The van der Waals surface area contributed by atoms with Crippen molar-refractivity contribution in [2.45, 2.75) is 31.7 Å². The molecule has 1 aromatic heterocycles. The number of urea groups is 1. The Kier molecular flexibility index (Phi) is 6.66. The second-order valence-electron chi connectivity index (χ2n) is 7.54. The maximum Gasteiger partial charge on any atom is 0.321 e. The number of aryl methyl sites for hydroxylation is 1. The SMILES string of the molecule is CN(C)CCCn1ccnc1[C@@H]1CCCN(C(=O)Nc2cccc(C#N)c2)C1. The van der Waals surface area contributed by atoms with Gasteiger partial charge in [0, 0.05) is 43.6 Å². The summed E-state index contributed by atoms with van der Waals surface area (Å²) in [7, 11) is 4.16. The van der Waals surface area contributed by atoms with Crippen molar-refractivity contribution < 1.29 is 4.79 Å². The van der Waals surface area contributed by atoms with Gasteiger partial charge < -0.3 is 19.7 Å². The van der Waals surface area contributed by atoms with E-state index in [4.69, 9.17) is 5.26 Å². The van der Waals surface area contributed by atoms with Crippen LogP contribution < -0.4 is 5.32 Å². The zero-order valence-corrected chi connectivity index (χ0v) is 16.6. The van der Waals surface area contributed by atoms with Gasteiger partial charge >= 0.3 is 6.03 Å². The lowest BCUT2D eigenvalue weighted by Gasteiger charge is -2.32. The first-order valence-corrected chi connectivity index (χ1v) is 9.78. The van der Waals surface area contributed by atoms with Crippen molar-refractivity contribution in [1.82, 2.24) is 19.4 Å². The van der Waals surface area contributed by atoms with Crippen LogP contribution in [-0.4, -0.2) is 59.1 Å². The number of carbonyl (C=O) groups is 1. The van der Waals surface area contributed by atoms with Crippen molar-refractivity contribution in [3.8, 4) is 6.07 Å². The molecular formula is C21H28N6O. The van der Waals surface area contributed by atoms with Crippen molar-refractivity contribution in [2.75, 3.05) is 39.0 Å². The minimum Gasteiger partial charge on any atom is -0.335 e. The number of aromatic nitrogens is 2. The summed E-state index contributed by atoms with van der Waals surface area (Å²) in [5, 5.41) is 11.9. The summed E-state index contributed by atoms with van der Waals surface area (Å²) >= 11 is 0. The average Bonchev–Trinajstić information content (AvgIpc) is 3.16. The van der Waals surface area contributed by atoms with Gasteiger partial charge in [-0.2, -0.15) is 5.26 Å². The summed E-state index contributed by atoms with van der Waals surface area (Å²) in [4.78, 5) is 21.3. The molecule has 28 heavy (non-hydrogen) atoms. The number of amides is 2. The lowest BCUT2D eigenvalue weighted by atomic mass is 9.97. The molecule has 1 aliphatic rings. The zero-order valence-electron chi connectivity index (χ0n) is 16.6. The molecule has 0 bridgehead atoms. The molecule has 1 saturated heterocycles. The topological polar surface area (TPSA) is 77.2 Å². The maximum atomic E-state index is 12.7. The van der Waals surface area contributed by atoms with Crippen LogP contribution in [0.25, 0.3) is 0 Å². The van der Waals surface area contributed by atoms with Crippen LogP contribution in [-0.2, 0) is 6.54 Å². The molecule has 2 aromatic rings. The minimum absolute atomic E-state index is 0.120. The van der Waals surface area contributed by atoms with E-state index in [-0.39, 0.29) is 11.9 Å². The van der Waals surface area contributed by atoms with Gasteiger partial charge in [0.05, 0.1) is 11.6 Å². The fourth-order valence-corrected chi connectivity index (χ4v) is 3.67. The third-order valence-corrected chi connectivity index (χ3v) is 5.07. The zero-order chi connectivity index (χ0) is 19.9. The van der Waals surface area contributed by atoms with E-state index >= 15 is 0 Å². The van der Waals surface area contributed by atoms with E-state index in [1.165, 1.54) is 0 Å². The normalized spacial score (nSPS) is 16.8. The van der Waals surface area contributed by atoms with E-state index in [9.17, 15) is 4.79 Å². The Morgan fingerprint density at radius 1 is 1.43 bits per heavy atom. The summed E-state index contributed by atoms with van der Waals surface area (Å²) in [6.45, 7) is 3.38. The Labute approximate surface area is 166 Å².